The molecule has 0 spiro atoms. The summed E-state index contributed by atoms with van der Waals surface area (Å²) in [5.74, 6) is 9.46. The molecule has 7 atom stereocenters. The Bertz CT molecular complexity index is 614. The Labute approximate surface area is 151 Å². The first-order chi connectivity index (χ1) is 11.8. The number of fused-ring (bicyclic) bond motifs is 5. The molecule has 0 aliphatic heterocycles. The number of carbonyl (C=O) groups is 1. The van der Waals surface area contributed by atoms with Crippen LogP contribution in [0.1, 0.15) is 71.6 Å². The lowest BCUT2D eigenvalue weighted by Gasteiger charge is -2.60. The Morgan fingerprint density at radius 3 is 2.52 bits per heavy atom. The van der Waals surface area contributed by atoms with E-state index in [1.807, 2.05) is 0 Å². The van der Waals surface area contributed by atoms with Crippen LogP contribution in [0.2, 0.25) is 0 Å². The van der Waals surface area contributed by atoms with Gasteiger partial charge in [0.25, 0.3) is 0 Å². The maximum absolute atomic E-state index is 12.0. The number of aliphatic hydroxyl groups is 2. The van der Waals surface area contributed by atoms with E-state index in [4.69, 9.17) is 10.2 Å². The summed E-state index contributed by atoms with van der Waals surface area (Å²) < 4.78 is 0. The molecule has 0 heterocycles. The number of hydrogen-bond donors (Lipinski definition) is 2. The largest absolute Gasteiger partial charge is 0.358 e. The summed E-state index contributed by atoms with van der Waals surface area (Å²) in [6, 6.07) is 0. The molecule has 2 unspecified atom stereocenters. The van der Waals surface area contributed by atoms with Crippen molar-refractivity contribution in [1.82, 2.24) is 0 Å². The normalized spacial score (nSPS) is 49.0. The van der Waals surface area contributed by atoms with Gasteiger partial charge < -0.3 is 10.2 Å². The minimum absolute atomic E-state index is 0.233. The molecule has 3 heteroatoms. The van der Waals surface area contributed by atoms with Crippen LogP contribution in [-0.2, 0) is 4.79 Å². The lowest BCUT2D eigenvalue weighted by Crippen LogP contribution is -2.53. The Morgan fingerprint density at radius 2 is 1.76 bits per heavy atom. The van der Waals surface area contributed by atoms with E-state index in [1.165, 1.54) is 32.1 Å². The van der Waals surface area contributed by atoms with Crippen LogP contribution in [-0.4, -0.2) is 22.3 Å². The monoisotopic (exact) mass is 344 g/mol. The molecular weight excluding hydrogens is 312 g/mol. The fourth-order valence-electron chi connectivity index (χ4n) is 7.46. The zero-order valence-electron chi connectivity index (χ0n) is 15.6. The zero-order chi connectivity index (χ0) is 17.8. The van der Waals surface area contributed by atoms with E-state index in [2.05, 4.69) is 25.7 Å². The molecule has 0 aromatic carbocycles. The van der Waals surface area contributed by atoms with E-state index in [0.717, 1.165) is 43.4 Å². The Hall–Kier alpha value is -0.850. The van der Waals surface area contributed by atoms with E-state index in [1.54, 1.807) is 0 Å². The summed E-state index contributed by atoms with van der Waals surface area (Å²) in [5, 5.41) is 18.2. The summed E-state index contributed by atoms with van der Waals surface area (Å²) >= 11 is 0. The predicted molar refractivity (Wildman–Crippen MR) is 96.2 cm³/mol. The third kappa shape index (κ3) is 2.68. The summed E-state index contributed by atoms with van der Waals surface area (Å²) in [4.78, 5) is 12.0. The summed E-state index contributed by atoms with van der Waals surface area (Å²) in [7, 11) is 0. The van der Waals surface area contributed by atoms with Gasteiger partial charge in [0.1, 0.15) is 5.78 Å². The van der Waals surface area contributed by atoms with Crippen molar-refractivity contribution in [3.05, 3.63) is 0 Å². The van der Waals surface area contributed by atoms with Crippen LogP contribution in [0.3, 0.4) is 0 Å². The molecule has 4 fully saturated rings. The third-order valence-electron chi connectivity index (χ3n) is 8.87. The molecule has 0 aromatic rings. The number of aliphatic hydroxyl groups excluding tert-OH is 1. The Morgan fingerprint density at radius 1 is 1.00 bits per heavy atom. The SMILES string of the molecule is C[C@]12CCC(=O)CC1CC[C@@H]1[C@H]2CC[C@]2(C)C(C#CC(O)O)CC[C@@H]12. The molecule has 4 aliphatic carbocycles. The number of hydrogen-bond acceptors (Lipinski definition) is 3. The lowest BCUT2D eigenvalue weighted by molar-refractivity contribution is -0.138. The van der Waals surface area contributed by atoms with Crippen molar-refractivity contribution < 1.29 is 15.0 Å². The van der Waals surface area contributed by atoms with Gasteiger partial charge in [0.05, 0.1) is 0 Å². The van der Waals surface area contributed by atoms with Gasteiger partial charge in [-0.2, -0.15) is 0 Å². The van der Waals surface area contributed by atoms with E-state index in [0.29, 0.717) is 23.0 Å². The van der Waals surface area contributed by atoms with E-state index < -0.39 is 6.29 Å². The highest BCUT2D eigenvalue weighted by Gasteiger charge is 2.59. The van der Waals surface area contributed by atoms with Gasteiger partial charge in [-0.25, -0.2) is 0 Å². The number of ketones is 1. The number of rotatable bonds is 0. The average Bonchev–Trinajstić information content (AvgIpc) is 2.90. The van der Waals surface area contributed by atoms with Crippen LogP contribution in [0, 0.1) is 52.3 Å². The maximum atomic E-state index is 12.0. The number of Topliss-reactive ketones (excluding diaryl/α,β-unsaturated/α-hetero) is 1. The topological polar surface area (TPSA) is 57.5 Å². The molecule has 4 saturated carbocycles. The number of carbonyl (C=O) groups excluding carboxylic acids is 1. The van der Waals surface area contributed by atoms with Crippen molar-refractivity contribution >= 4 is 5.78 Å². The molecular formula is C22H32O3. The molecule has 4 aliphatic rings. The second kappa shape index (κ2) is 6.10. The van der Waals surface area contributed by atoms with E-state index >= 15 is 0 Å². The first kappa shape index (κ1) is 17.6. The molecule has 0 saturated heterocycles. The molecule has 25 heavy (non-hydrogen) atoms. The van der Waals surface area contributed by atoms with Crippen molar-refractivity contribution in [2.75, 3.05) is 0 Å². The van der Waals surface area contributed by atoms with Gasteiger partial charge in [-0.3, -0.25) is 4.79 Å². The maximum Gasteiger partial charge on any atom is 0.217 e. The van der Waals surface area contributed by atoms with Crippen LogP contribution < -0.4 is 0 Å². The lowest BCUT2D eigenvalue weighted by atomic mass is 9.45. The van der Waals surface area contributed by atoms with Crippen LogP contribution in [0.4, 0.5) is 0 Å². The van der Waals surface area contributed by atoms with Gasteiger partial charge in [-0.1, -0.05) is 19.8 Å². The highest BCUT2D eigenvalue weighted by molar-refractivity contribution is 5.79. The van der Waals surface area contributed by atoms with Crippen molar-refractivity contribution in [3.8, 4) is 11.8 Å². The highest BCUT2D eigenvalue weighted by Crippen LogP contribution is 2.67. The molecule has 0 aromatic heterocycles. The quantitative estimate of drug-likeness (QED) is 0.522. The van der Waals surface area contributed by atoms with Crippen molar-refractivity contribution in [2.24, 2.45) is 40.4 Å². The minimum atomic E-state index is -1.51. The Balaban J connectivity index is 1.58. The standard InChI is InChI=1S/C22H32O3/c1-21-12-10-19-17(18(21)7-4-14(21)5-8-20(24)25)6-3-15-13-16(23)9-11-22(15,19)2/h14-15,17-20,24-25H,3-4,6-7,9-13H2,1-2H3/t14?,15?,17-,18-,19+,21+,22-/m0/s1. The predicted octanol–water partition coefficient (Wildman–Crippen LogP) is 3.53. The molecule has 0 radical (unpaired) electrons. The minimum Gasteiger partial charge on any atom is -0.358 e. The molecule has 4 rings (SSSR count). The van der Waals surface area contributed by atoms with Crippen molar-refractivity contribution in [3.63, 3.8) is 0 Å². The van der Waals surface area contributed by atoms with Gasteiger partial charge in [-0.15, -0.1) is 0 Å². The van der Waals surface area contributed by atoms with Gasteiger partial charge >= 0.3 is 0 Å². The van der Waals surface area contributed by atoms with Crippen LogP contribution in [0.5, 0.6) is 0 Å². The van der Waals surface area contributed by atoms with E-state index in [9.17, 15) is 4.79 Å². The van der Waals surface area contributed by atoms with Crippen LogP contribution >= 0.6 is 0 Å². The Kier molecular flexibility index (Phi) is 4.28. The van der Waals surface area contributed by atoms with Gasteiger partial charge in [0, 0.05) is 18.8 Å². The first-order valence-electron chi connectivity index (χ1n) is 10.2. The van der Waals surface area contributed by atoms with Crippen LogP contribution in [0.15, 0.2) is 0 Å². The summed E-state index contributed by atoms with van der Waals surface area (Å²) in [5.41, 5.74) is 0.597. The summed E-state index contributed by atoms with van der Waals surface area (Å²) in [6.07, 6.45) is 8.51. The summed E-state index contributed by atoms with van der Waals surface area (Å²) in [6.45, 7) is 4.89. The smallest absolute Gasteiger partial charge is 0.217 e. The molecule has 0 amide bonds. The molecule has 3 nitrogen and oxygen atoms in total. The fraction of sp³-hybridized carbons (Fsp3) is 0.864. The van der Waals surface area contributed by atoms with Crippen molar-refractivity contribution in [2.45, 2.75) is 77.9 Å². The van der Waals surface area contributed by atoms with Gasteiger partial charge in [0.2, 0.25) is 6.29 Å². The third-order valence-corrected chi connectivity index (χ3v) is 8.87. The molecule has 0 bridgehead atoms. The van der Waals surface area contributed by atoms with Gasteiger partial charge in [0.15, 0.2) is 0 Å². The fourth-order valence-corrected chi connectivity index (χ4v) is 7.46. The van der Waals surface area contributed by atoms with Crippen LogP contribution in [0.25, 0.3) is 0 Å². The second-order valence-electron chi connectivity index (χ2n) is 9.74. The molecule has 138 valence electrons. The van der Waals surface area contributed by atoms with E-state index in [-0.39, 0.29) is 5.41 Å². The zero-order valence-corrected chi connectivity index (χ0v) is 15.6. The molecule has 2 N–H and O–H groups in total. The van der Waals surface area contributed by atoms with Gasteiger partial charge in [-0.05, 0) is 85.4 Å². The average molecular weight is 344 g/mol. The second-order valence-corrected chi connectivity index (χ2v) is 9.74. The van der Waals surface area contributed by atoms with Crippen molar-refractivity contribution in [1.29, 1.82) is 0 Å². The highest BCUT2D eigenvalue weighted by atomic mass is 16.5. The first-order valence-corrected chi connectivity index (χ1v) is 10.2.